The number of hydrogen-bond acceptors (Lipinski definition) is 6. The van der Waals surface area contributed by atoms with Crippen molar-refractivity contribution in [3.05, 3.63) is 157 Å². The molecule has 0 bridgehead atoms. The van der Waals surface area contributed by atoms with Gasteiger partial charge in [0.25, 0.3) is 0 Å². The van der Waals surface area contributed by atoms with E-state index in [1.54, 1.807) is 6.08 Å². The zero-order chi connectivity index (χ0) is 35.0. The van der Waals surface area contributed by atoms with E-state index in [2.05, 4.69) is 110 Å². The van der Waals surface area contributed by atoms with Crippen molar-refractivity contribution in [1.82, 2.24) is 0 Å². The molecule has 6 rings (SSSR count). The predicted octanol–water partition coefficient (Wildman–Crippen LogP) is 6.60. The van der Waals surface area contributed by atoms with E-state index in [1.165, 1.54) is 5.39 Å². The molecule has 1 aliphatic rings. The first kappa shape index (κ1) is 35.9. The number of benzene rings is 5. The molecular formula is C43H48NO5Si. The van der Waals surface area contributed by atoms with Gasteiger partial charge in [-0.3, -0.25) is 0 Å². The first-order chi connectivity index (χ1) is 24.3. The standard InChI is InChI=1S/C43H48NO5Si/c1-5-27-47-43(50(36-21-11-7-12-22-36)37-23-13-8-14-24-37)41(44)40(46-29-32-17-9-6-10-18-32)39(38(49-43)31-48-42(2,3)4)45-30-33-25-26-34-19-15-16-20-35(34)28-33/h5-26,28,38-41H,1,27,29-31,44H2,2-4H3/t38-,39-,40-,41+,43-/m0/s1. The van der Waals surface area contributed by atoms with Crippen LogP contribution in [0, 0.1) is 0 Å². The van der Waals surface area contributed by atoms with E-state index in [1.807, 2.05) is 51.1 Å². The summed E-state index contributed by atoms with van der Waals surface area (Å²) in [6.45, 7) is 11.3. The average molecular weight is 687 g/mol. The first-order valence-electron chi connectivity index (χ1n) is 17.3. The molecule has 5 atom stereocenters. The lowest BCUT2D eigenvalue weighted by Gasteiger charge is -2.54. The Kier molecular flexibility index (Phi) is 11.8. The second-order valence-corrected chi connectivity index (χ2v) is 16.3. The summed E-state index contributed by atoms with van der Waals surface area (Å²) in [5.74, 6) is 0. The van der Waals surface area contributed by atoms with Gasteiger partial charge in [-0.1, -0.05) is 144 Å². The minimum Gasteiger partial charge on any atom is -0.373 e. The van der Waals surface area contributed by atoms with Crippen molar-refractivity contribution in [1.29, 1.82) is 0 Å². The van der Waals surface area contributed by atoms with Crippen LogP contribution >= 0.6 is 0 Å². The molecule has 1 fully saturated rings. The molecule has 1 heterocycles. The lowest BCUT2D eigenvalue weighted by Crippen LogP contribution is -2.79. The Morgan fingerprint density at radius 1 is 0.720 bits per heavy atom. The first-order valence-corrected chi connectivity index (χ1v) is 18.8. The number of nitrogens with two attached hydrogens (primary N) is 1. The van der Waals surface area contributed by atoms with Gasteiger partial charge in [0.05, 0.1) is 38.1 Å². The fourth-order valence-corrected chi connectivity index (χ4v) is 9.73. The fraction of sp³-hybridized carbons (Fsp3) is 0.302. The van der Waals surface area contributed by atoms with Crippen LogP contribution < -0.4 is 16.1 Å². The average Bonchev–Trinajstić information content (AvgIpc) is 3.14. The second-order valence-electron chi connectivity index (χ2n) is 13.7. The van der Waals surface area contributed by atoms with Gasteiger partial charge < -0.3 is 29.4 Å². The van der Waals surface area contributed by atoms with E-state index in [0.717, 1.165) is 26.9 Å². The Morgan fingerprint density at radius 3 is 1.90 bits per heavy atom. The lowest BCUT2D eigenvalue weighted by molar-refractivity contribution is -0.310. The van der Waals surface area contributed by atoms with E-state index in [-0.39, 0.29) is 13.2 Å². The van der Waals surface area contributed by atoms with Crippen LogP contribution in [0.3, 0.4) is 0 Å². The summed E-state index contributed by atoms with van der Waals surface area (Å²) in [5.41, 5.74) is 7.89. The molecule has 5 aromatic carbocycles. The maximum atomic E-state index is 7.51. The minimum atomic E-state index is -1.90. The van der Waals surface area contributed by atoms with Crippen LogP contribution in [0.2, 0.25) is 0 Å². The van der Waals surface area contributed by atoms with E-state index >= 15 is 0 Å². The largest absolute Gasteiger partial charge is 0.373 e. The Labute approximate surface area is 298 Å². The normalized spacial score (nSPS) is 22.5. The molecular weight excluding hydrogens is 639 g/mol. The number of hydrogen-bond donors (Lipinski definition) is 1. The number of ether oxygens (including phenoxy) is 5. The summed E-state index contributed by atoms with van der Waals surface area (Å²) in [4.78, 5) is 0. The molecule has 50 heavy (non-hydrogen) atoms. The Bertz CT molecular complexity index is 1760. The molecule has 0 aromatic heterocycles. The molecule has 0 amide bonds. The molecule has 0 unspecified atom stereocenters. The molecule has 0 aliphatic carbocycles. The van der Waals surface area contributed by atoms with Crippen molar-refractivity contribution in [2.75, 3.05) is 13.2 Å². The highest BCUT2D eigenvalue weighted by molar-refractivity contribution is 6.87. The third-order valence-corrected chi connectivity index (χ3v) is 12.0. The van der Waals surface area contributed by atoms with E-state index in [4.69, 9.17) is 29.4 Å². The molecule has 5 aromatic rings. The van der Waals surface area contributed by atoms with Gasteiger partial charge in [-0.2, -0.15) is 0 Å². The molecule has 2 N–H and O–H groups in total. The summed E-state index contributed by atoms with van der Waals surface area (Å²) >= 11 is 0. The van der Waals surface area contributed by atoms with Crippen LogP contribution in [-0.4, -0.2) is 57.4 Å². The molecule has 1 saturated heterocycles. The van der Waals surface area contributed by atoms with Crippen LogP contribution in [0.1, 0.15) is 31.9 Å². The van der Waals surface area contributed by atoms with Gasteiger partial charge in [-0.25, -0.2) is 0 Å². The quantitative estimate of drug-likeness (QED) is 0.105. The van der Waals surface area contributed by atoms with Crippen molar-refractivity contribution >= 4 is 29.9 Å². The SMILES string of the molecule is C=CCO[C@]1([Si](c2ccccc2)c2ccccc2)O[C@@H](COC(C)(C)C)[C@H](OCc2ccc3ccccc3c2)[C@H](OCc2ccccc2)[C@H]1N. The van der Waals surface area contributed by atoms with Crippen LogP contribution in [0.15, 0.2) is 146 Å². The van der Waals surface area contributed by atoms with Crippen LogP contribution in [0.25, 0.3) is 10.8 Å². The van der Waals surface area contributed by atoms with Gasteiger partial charge in [-0.05, 0) is 48.7 Å². The van der Waals surface area contributed by atoms with Crippen LogP contribution in [-0.2, 0) is 36.9 Å². The summed E-state index contributed by atoms with van der Waals surface area (Å²) in [7, 11) is -1.90. The fourth-order valence-electron chi connectivity index (χ4n) is 6.54. The Hall–Kier alpha value is -3.92. The highest BCUT2D eigenvalue weighted by atomic mass is 28.3. The minimum absolute atomic E-state index is 0.238. The topological polar surface area (TPSA) is 72.2 Å². The second kappa shape index (κ2) is 16.4. The number of rotatable bonds is 14. The lowest BCUT2D eigenvalue weighted by atomic mass is 9.96. The molecule has 259 valence electrons. The summed E-state index contributed by atoms with van der Waals surface area (Å²) in [6.07, 6.45) is -0.0173. The van der Waals surface area contributed by atoms with Gasteiger partial charge in [0.15, 0.2) is 14.2 Å². The van der Waals surface area contributed by atoms with Crippen molar-refractivity contribution in [3.63, 3.8) is 0 Å². The summed E-state index contributed by atoms with van der Waals surface area (Å²) in [6, 6.07) is 44.9. The Balaban J connectivity index is 1.45. The molecule has 0 saturated carbocycles. The zero-order valence-electron chi connectivity index (χ0n) is 29.2. The Morgan fingerprint density at radius 2 is 1.28 bits per heavy atom. The van der Waals surface area contributed by atoms with Crippen molar-refractivity contribution in [2.45, 2.75) is 69.4 Å². The summed E-state index contributed by atoms with van der Waals surface area (Å²) in [5, 5.41) is 4.55. The van der Waals surface area contributed by atoms with Gasteiger partial charge in [0.1, 0.15) is 18.3 Å². The van der Waals surface area contributed by atoms with Crippen LogP contribution in [0.4, 0.5) is 0 Å². The molecule has 1 radical (unpaired) electrons. The molecule has 6 nitrogen and oxygen atoms in total. The van der Waals surface area contributed by atoms with E-state index in [0.29, 0.717) is 13.2 Å². The van der Waals surface area contributed by atoms with Gasteiger partial charge in [-0.15, -0.1) is 6.58 Å². The van der Waals surface area contributed by atoms with Gasteiger partial charge in [0, 0.05) is 0 Å². The zero-order valence-corrected chi connectivity index (χ0v) is 30.2. The highest BCUT2D eigenvalue weighted by Gasteiger charge is 2.60. The van der Waals surface area contributed by atoms with E-state index in [9.17, 15) is 0 Å². The summed E-state index contributed by atoms with van der Waals surface area (Å²) < 4.78 is 34.5. The van der Waals surface area contributed by atoms with E-state index < -0.39 is 44.2 Å². The monoisotopic (exact) mass is 686 g/mol. The van der Waals surface area contributed by atoms with Crippen LogP contribution in [0.5, 0.6) is 0 Å². The molecule has 1 aliphatic heterocycles. The smallest absolute Gasteiger partial charge is 0.197 e. The van der Waals surface area contributed by atoms with Crippen molar-refractivity contribution in [3.8, 4) is 0 Å². The van der Waals surface area contributed by atoms with Gasteiger partial charge >= 0.3 is 0 Å². The third kappa shape index (κ3) is 8.50. The maximum absolute atomic E-state index is 7.51. The third-order valence-electron chi connectivity index (χ3n) is 8.92. The molecule has 7 heteroatoms. The number of fused-ring (bicyclic) bond motifs is 1. The van der Waals surface area contributed by atoms with Gasteiger partial charge in [0.2, 0.25) is 0 Å². The van der Waals surface area contributed by atoms with Crippen molar-refractivity contribution < 1.29 is 23.7 Å². The molecule has 0 spiro atoms. The maximum Gasteiger partial charge on any atom is 0.197 e. The highest BCUT2D eigenvalue weighted by Crippen LogP contribution is 2.37. The van der Waals surface area contributed by atoms with Crippen molar-refractivity contribution in [2.24, 2.45) is 5.73 Å². The predicted molar refractivity (Wildman–Crippen MR) is 203 cm³/mol.